The molecule has 170 valence electrons. The van der Waals surface area contributed by atoms with E-state index in [0.717, 1.165) is 0 Å². The van der Waals surface area contributed by atoms with E-state index in [1.807, 2.05) is 0 Å². The van der Waals surface area contributed by atoms with E-state index in [1.165, 1.54) is 121 Å². The minimum absolute atomic E-state index is 0.623. The van der Waals surface area contributed by atoms with Crippen molar-refractivity contribution >= 4 is 0 Å². The Morgan fingerprint density at radius 1 is 0.655 bits per heavy atom. The summed E-state index contributed by atoms with van der Waals surface area (Å²) >= 11 is 0. The summed E-state index contributed by atoms with van der Waals surface area (Å²) < 4.78 is 2.52. The Hall–Kier alpha value is -0.790. The van der Waals surface area contributed by atoms with Crippen LogP contribution < -0.4 is 4.57 Å². The lowest BCUT2D eigenvalue weighted by Gasteiger charge is -2.14. The molecule has 2 nitrogen and oxygen atoms in total. The third-order valence-corrected chi connectivity index (χ3v) is 6.65. The Labute approximate surface area is 183 Å². The Balaban J connectivity index is 2.09. The van der Waals surface area contributed by atoms with E-state index in [1.54, 1.807) is 0 Å². The van der Waals surface area contributed by atoms with Crippen LogP contribution in [0.3, 0.4) is 0 Å². The van der Waals surface area contributed by atoms with Crippen LogP contribution in [-0.2, 0) is 0 Å². The molecule has 0 fully saturated rings. The number of nitrogens with zero attached hydrogens (tertiary/aromatic N) is 1. The second-order valence-electron chi connectivity index (χ2n) is 9.53. The molecule has 1 N–H and O–H groups in total. The largest absolute Gasteiger partial charge is 0.257 e. The van der Waals surface area contributed by atoms with Gasteiger partial charge in [-0.2, -0.15) is 0 Å². The highest BCUT2D eigenvalue weighted by atomic mass is 15.1. The lowest BCUT2D eigenvalue weighted by Crippen LogP contribution is -2.40. The molecule has 0 radical (unpaired) electrons. The first-order valence-corrected chi connectivity index (χ1v) is 13.3. The first-order chi connectivity index (χ1) is 14.2. The molecular formula is C27H53N2+. The quantitative estimate of drug-likeness (QED) is 0.165. The smallest absolute Gasteiger partial charge is 0.247 e. The average Bonchev–Trinajstić information content (AvgIpc) is 3.22. The van der Waals surface area contributed by atoms with Gasteiger partial charge in [-0.3, -0.25) is 0 Å². The van der Waals surface area contributed by atoms with Crippen molar-refractivity contribution in [3.05, 3.63) is 18.2 Å². The molecule has 0 saturated carbocycles. The SMILES string of the molecule is CCCCCCCCCCCCCCC(C)[n+]1cc[nH]c1C(C)CCCCCC. The fraction of sp³-hybridized carbons (Fsp3) is 0.889. The number of H-pyrrole nitrogens is 1. The lowest BCUT2D eigenvalue weighted by atomic mass is 10.0. The molecule has 0 aliphatic carbocycles. The maximum atomic E-state index is 3.54. The molecular weight excluding hydrogens is 352 g/mol. The highest BCUT2D eigenvalue weighted by Crippen LogP contribution is 2.20. The zero-order chi connectivity index (χ0) is 21.2. The van der Waals surface area contributed by atoms with Crippen LogP contribution in [0.1, 0.15) is 161 Å². The third-order valence-electron chi connectivity index (χ3n) is 6.65. The van der Waals surface area contributed by atoms with Crippen molar-refractivity contribution in [3.63, 3.8) is 0 Å². The van der Waals surface area contributed by atoms with Crippen LogP contribution in [0.15, 0.2) is 12.4 Å². The molecule has 1 aromatic rings. The van der Waals surface area contributed by atoms with Gasteiger partial charge in [-0.05, 0) is 26.2 Å². The van der Waals surface area contributed by atoms with Crippen LogP contribution in [0.25, 0.3) is 0 Å². The highest BCUT2D eigenvalue weighted by Gasteiger charge is 2.21. The molecule has 1 aromatic heterocycles. The molecule has 1 rings (SSSR count). The van der Waals surface area contributed by atoms with E-state index >= 15 is 0 Å². The van der Waals surface area contributed by atoms with Gasteiger partial charge in [-0.1, -0.05) is 117 Å². The van der Waals surface area contributed by atoms with Gasteiger partial charge in [0.05, 0.1) is 12.0 Å². The van der Waals surface area contributed by atoms with Gasteiger partial charge in [-0.25, -0.2) is 9.55 Å². The molecule has 0 spiro atoms. The molecule has 2 atom stereocenters. The van der Waals surface area contributed by atoms with E-state index in [-0.39, 0.29) is 0 Å². The predicted molar refractivity (Wildman–Crippen MR) is 129 cm³/mol. The van der Waals surface area contributed by atoms with Gasteiger partial charge in [0, 0.05) is 0 Å². The molecule has 0 saturated heterocycles. The predicted octanol–water partition coefficient (Wildman–Crippen LogP) is 9.03. The fourth-order valence-electron chi connectivity index (χ4n) is 4.57. The summed E-state index contributed by atoms with van der Waals surface area (Å²) in [4.78, 5) is 3.54. The Bertz CT molecular complexity index is 465. The van der Waals surface area contributed by atoms with Crippen molar-refractivity contribution in [2.24, 2.45) is 0 Å². The van der Waals surface area contributed by atoms with Crippen LogP contribution in [0.4, 0.5) is 0 Å². The van der Waals surface area contributed by atoms with Crippen molar-refractivity contribution in [3.8, 4) is 0 Å². The van der Waals surface area contributed by atoms with Crippen LogP contribution in [-0.4, -0.2) is 4.98 Å². The van der Waals surface area contributed by atoms with Crippen LogP contribution >= 0.6 is 0 Å². The molecule has 0 aliphatic heterocycles. The van der Waals surface area contributed by atoms with Crippen molar-refractivity contribution < 1.29 is 4.57 Å². The van der Waals surface area contributed by atoms with Gasteiger partial charge in [-0.15, -0.1) is 0 Å². The minimum atomic E-state index is 0.623. The summed E-state index contributed by atoms with van der Waals surface area (Å²) in [7, 11) is 0. The molecule has 0 aromatic carbocycles. The van der Waals surface area contributed by atoms with E-state index in [9.17, 15) is 0 Å². The topological polar surface area (TPSA) is 19.7 Å². The Morgan fingerprint density at radius 2 is 1.10 bits per heavy atom. The maximum Gasteiger partial charge on any atom is 0.257 e. The van der Waals surface area contributed by atoms with Gasteiger partial charge in [0.2, 0.25) is 0 Å². The van der Waals surface area contributed by atoms with Gasteiger partial charge >= 0.3 is 0 Å². The number of hydrogen-bond donors (Lipinski definition) is 1. The number of hydrogen-bond acceptors (Lipinski definition) is 0. The number of rotatable bonds is 20. The minimum Gasteiger partial charge on any atom is -0.247 e. The van der Waals surface area contributed by atoms with E-state index < -0.39 is 0 Å². The maximum absolute atomic E-state index is 3.54. The number of imidazole rings is 1. The summed E-state index contributed by atoms with van der Waals surface area (Å²) in [5, 5.41) is 0. The molecule has 2 unspecified atom stereocenters. The number of unbranched alkanes of at least 4 members (excludes halogenated alkanes) is 14. The summed E-state index contributed by atoms with van der Waals surface area (Å²) in [6.07, 6.45) is 29.7. The van der Waals surface area contributed by atoms with Crippen molar-refractivity contribution in [2.75, 3.05) is 0 Å². The van der Waals surface area contributed by atoms with Gasteiger partial charge in [0.25, 0.3) is 5.82 Å². The van der Waals surface area contributed by atoms with E-state index in [2.05, 4.69) is 49.6 Å². The van der Waals surface area contributed by atoms with Crippen molar-refractivity contribution in [1.82, 2.24) is 4.98 Å². The summed E-state index contributed by atoms with van der Waals surface area (Å²) in [6, 6.07) is 0.623. The monoisotopic (exact) mass is 405 g/mol. The van der Waals surface area contributed by atoms with Crippen LogP contribution in [0.2, 0.25) is 0 Å². The van der Waals surface area contributed by atoms with Gasteiger partial charge in [0.1, 0.15) is 12.4 Å². The molecule has 1 heterocycles. The second kappa shape index (κ2) is 18.0. The van der Waals surface area contributed by atoms with Crippen molar-refractivity contribution in [1.29, 1.82) is 0 Å². The molecule has 0 amide bonds. The fourth-order valence-corrected chi connectivity index (χ4v) is 4.57. The molecule has 2 heteroatoms. The summed E-state index contributed by atoms with van der Waals surface area (Å²) in [6.45, 7) is 9.39. The van der Waals surface area contributed by atoms with Crippen molar-refractivity contribution in [2.45, 2.75) is 155 Å². The first-order valence-electron chi connectivity index (χ1n) is 13.3. The lowest BCUT2D eigenvalue weighted by molar-refractivity contribution is -0.727. The number of aromatic amines is 1. The standard InChI is InChI=1S/C27H52N2/c1-5-7-9-11-12-13-14-15-16-17-18-20-22-26(4)29-24-23-28-27(29)25(3)21-19-10-8-6-2/h23-26H,5-22H2,1-4H3/p+1. The number of nitrogens with one attached hydrogen (secondary N) is 1. The Morgan fingerprint density at radius 3 is 1.66 bits per heavy atom. The van der Waals surface area contributed by atoms with E-state index in [4.69, 9.17) is 0 Å². The number of aromatic nitrogens is 2. The van der Waals surface area contributed by atoms with Gasteiger partial charge in [0.15, 0.2) is 0 Å². The summed E-state index contributed by atoms with van der Waals surface area (Å²) in [5.74, 6) is 2.08. The molecule has 0 aliphatic rings. The van der Waals surface area contributed by atoms with Gasteiger partial charge < -0.3 is 0 Å². The summed E-state index contributed by atoms with van der Waals surface area (Å²) in [5.41, 5.74) is 0. The molecule has 0 bridgehead atoms. The average molecular weight is 406 g/mol. The van der Waals surface area contributed by atoms with Crippen LogP contribution in [0.5, 0.6) is 0 Å². The molecule has 29 heavy (non-hydrogen) atoms. The third kappa shape index (κ3) is 12.5. The highest BCUT2D eigenvalue weighted by molar-refractivity contribution is 4.87. The van der Waals surface area contributed by atoms with Crippen LogP contribution in [0, 0.1) is 0 Å². The second-order valence-corrected chi connectivity index (χ2v) is 9.53. The Kier molecular flexibility index (Phi) is 16.3. The normalized spacial score (nSPS) is 13.7. The zero-order valence-electron chi connectivity index (χ0n) is 20.5. The first kappa shape index (κ1) is 26.2. The zero-order valence-corrected chi connectivity index (χ0v) is 20.5. The van der Waals surface area contributed by atoms with E-state index in [0.29, 0.717) is 12.0 Å².